The number of carboxylic acids is 1. The Balaban J connectivity index is 2.12. The lowest BCUT2D eigenvalue weighted by Crippen LogP contribution is -1.95. The number of benzene rings is 2. The van der Waals surface area contributed by atoms with E-state index in [2.05, 4.69) is 0 Å². The molecule has 98 valence electrons. The fourth-order valence-corrected chi connectivity index (χ4v) is 1.79. The van der Waals surface area contributed by atoms with Gasteiger partial charge in [0.2, 0.25) is 0 Å². The maximum Gasteiger partial charge on any atom is 0.335 e. The van der Waals surface area contributed by atoms with Gasteiger partial charge in [-0.3, -0.25) is 0 Å². The van der Waals surface area contributed by atoms with E-state index in [1.807, 2.05) is 0 Å². The molecule has 1 atom stereocenters. The second kappa shape index (κ2) is 5.64. The molecule has 0 spiro atoms. The first-order valence-electron chi connectivity index (χ1n) is 5.28. The summed E-state index contributed by atoms with van der Waals surface area (Å²) in [4.78, 5) is 11.0. The summed E-state index contributed by atoms with van der Waals surface area (Å²) in [7, 11) is 0. The second-order valence-electron chi connectivity index (χ2n) is 3.65. The lowest BCUT2D eigenvalue weighted by molar-refractivity contribution is 0.0697. The quantitative estimate of drug-likeness (QED) is 0.840. The number of ether oxygens (including phenoxy) is 1. The van der Waals surface area contributed by atoms with Gasteiger partial charge in [-0.2, -0.15) is 0 Å². The Labute approximate surface area is 111 Å². The molecule has 0 fully saturated rings. The van der Waals surface area contributed by atoms with Crippen molar-refractivity contribution in [3.05, 3.63) is 54.1 Å². The summed E-state index contributed by atoms with van der Waals surface area (Å²) >= 11 is -2.01. The topological polar surface area (TPSA) is 83.8 Å². The molecule has 5 nitrogen and oxygen atoms in total. The first-order valence-corrected chi connectivity index (χ1v) is 6.39. The Bertz CT molecular complexity index is 548. The van der Waals surface area contributed by atoms with E-state index < -0.39 is 17.0 Å². The van der Waals surface area contributed by atoms with Crippen molar-refractivity contribution in [1.82, 2.24) is 0 Å². The van der Waals surface area contributed by atoms with Crippen LogP contribution in [0.15, 0.2) is 53.4 Å². The molecule has 2 rings (SSSR count). The summed E-state index contributed by atoms with van der Waals surface area (Å²) in [6, 6.07) is 12.1. The Morgan fingerprint density at radius 1 is 0.947 bits per heavy atom. The Morgan fingerprint density at radius 3 is 1.84 bits per heavy atom. The SMILES string of the molecule is O=C(O)c1ccc(Oc2ccc(S(=O)O)cc2)cc1. The summed E-state index contributed by atoms with van der Waals surface area (Å²) < 4.78 is 25.1. The number of hydrogen-bond donors (Lipinski definition) is 2. The van der Waals surface area contributed by atoms with E-state index in [0.29, 0.717) is 11.5 Å². The Morgan fingerprint density at radius 2 is 1.42 bits per heavy atom. The minimum absolute atomic E-state index is 0.179. The van der Waals surface area contributed by atoms with E-state index in [9.17, 15) is 9.00 Å². The van der Waals surface area contributed by atoms with Crippen molar-refractivity contribution < 1.29 is 23.4 Å². The zero-order chi connectivity index (χ0) is 13.8. The number of rotatable bonds is 4. The molecule has 0 heterocycles. The molecule has 0 radical (unpaired) electrons. The van der Waals surface area contributed by atoms with Crippen molar-refractivity contribution in [1.29, 1.82) is 0 Å². The lowest BCUT2D eigenvalue weighted by Gasteiger charge is -2.06. The van der Waals surface area contributed by atoms with Crippen LogP contribution in [0.1, 0.15) is 10.4 Å². The van der Waals surface area contributed by atoms with Gasteiger partial charge in [-0.25, -0.2) is 9.00 Å². The molecule has 1 unspecified atom stereocenters. The summed E-state index contributed by atoms with van der Waals surface area (Å²) in [5, 5.41) is 8.75. The first-order chi connectivity index (χ1) is 9.06. The third-order valence-electron chi connectivity index (χ3n) is 2.36. The molecule has 2 N–H and O–H groups in total. The maximum absolute atomic E-state index is 10.8. The van der Waals surface area contributed by atoms with Crippen LogP contribution < -0.4 is 4.74 Å². The van der Waals surface area contributed by atoms with E-state index in [1.54, 1.807) is 24.3 Å². The predicted octanol–water partition coefficient (Wildman–Crippen LogP) is 2.76. The van der Waals surface area contributed by atoms with Crippen molar-refractivity contribution in [2.45, 2.75) is 4.90 Å². The standard InChI is InChI=1S/C13H10O5S/c14-13(15)9-1-3-10(4-2-9)18-11-5-7-12(8-6-11)19(16)17/h1-8H,(H,14,15)(H,16,17). The number of carboxylic acid groups (broad SMARTS) is 1. The van der Waals surface area contributed by atoms with E-state index in [-0.39, 0.29) is 10.5 Å². The zero-order valence-electron chi connectivity index (χ0n) is 9.65. The molecular weight excluding hydrogens is 268 g/mol. The van der Waals surface area contributed by atoms with Gasteiger partial charge in [0.05, 0.1) is 10.5 Å². The molecule has 0 aliphatic rings. The van der Waals surface area contributed by atoms with Crippen LogP contribution in [0.3, 0.4) is 0 Å². The van der Waals surface area contributed by atoms with E-state index in [0.717, 1.165) is 0 Å². The summed E-state index contributed by atoms with van der Waals surface area (Å²) in [6.07, 6.45) is 0. The van der Waals surface area contributed by atoms with Gasteiger partial charge in [0, 0.05) is 0 Å². The van der Waals surface area contributed by atoms with Gasteiger partial charge in [0.1, 0.15) is 11.5 Å². The van der Waals surface area contributed by atoms with Crippen LogP contribution in [-0.4, -0.2) is 19.8 Å². The van der Waals surface area contributed by atoms with Gasteiger partial charge >= 0.3 is 5.97 Å². The van der Waals surface area contributed by atoms with Crippen molar-refractivity contribution in [2.75, 3.05) is 0 Å². The van der Waals surface area contributed by atoms with Crippen molar-refractivity contribution in [2.24, 2.45) is 0 Å². The van der Waals surface area contributed by atoms with Crippen LogP contribution in [0.4, 0.5) is 0 Å². The van der Waals surface area contributed by atoms with Crippen LogP contribution in [0.2, 0.25) is 0 Å². The molecule has 0 bridgehead atoms. The molecule has 0 saturated carbocycles. The van der Waals surface area contributed by atoms with Gasteiger partial charge in [0.25, 0.3) is 0 Å². The smallest absolute Gasteiger partial charge is 0.335 e. The third-order valence-corrected chi connectivity index (χ3v) is 3.04. The zero-order valence-corrected chi connectivity index (χ0v) is 10.5. The van der Waals surface area contributed by atoms with Crippen molar-refractivity contribution >= 4 is 17.0 Å². The van der Waals surface area contributed by atoms with Crippen LogP contribution >= 0.6 is 0 Å². The average Bonchev–Trinajstić information content (AvgIpc) is 2.40. The largest absolute Gasteiger partial charge is 0.478 e. The second-order valence-corrected chi connectivity index (χ2v) is 4.62. The molecule has 2 aromatic rings. The van der Waals surface area contributed by atoms with Gasteiger partial charge < -0.3 is 14.4 Å². The molecule has 2 aromatic carbocycles. The molecule has 0 aliphatic carbocycles. The highest BCUT2D eigenvalue weighted by molar-refractivity contribution is 7.79. The summed E-state index contributed by atoms with van der Waals surface area (Å²) in [5.74, 6) is -0.0125. The fraction of sp³-hybridized carbons (Fsp3) is 0. The summed E-state index contributed by atoms with van der Waals surface area (Å²) in [6.45, 7) is 0. The number of hydrogen-bond acceptors (Lipinski definition) is 3. The molecule has 0 aliphatic heterocycles. The molecular formula is C13H10O5S. The minimum atomic E-state index is -2.01. The van der Waals surface area contributed by atoms with E-state index in [4.69, 9.17) is 14.4 Å². The predicted molar refractivity (Wildman–Crippen MR) is 69.0 cm³/mol. The number of aromatic carboxylic acids is 1. The fourth-order valence-electron chi connectivity index (χ4n) is 1.43. The van der Waals surface area contributed by atoms with Crippen LogP contribution in [0, 0.1) is 0 Å². The van der Waals surface area contributed by atoms with Crippen molar-refractivity contribution in [3.8, 4) is 11.5 Å². The molecule has 6 heteroatoms. The van der Waals surface area contributed by atoms with Crippen LogP contribution in [-0.2, 0) is 11.1 Å². The van der Waals surface area contributed by atoms with Gasteiger partial charge in [-0.05, 0) is 48.5 Å². The normalized spacial score (nSPS) is 11.8. The first kappa shape index (κ1) is 13.3. The number of carbonyl (C=O) groups is 1. The monoisotopic (exact) mass is 278 g/mol. The summed E-state index contributed by atoms with van der Waals surface area (Å²) in [5.41, 5.74) is 0.179. The Kier molecular flexibility index (Phi) is 3.94. The highest BCUT2D eigenvalue weighted by atomic mass is 32.2. The maximum atomic E-state index is 10.8. The highest BCUT2D eigenvalue weighted by Gasteiger charge is 2.04. The van der Waals surface area contributed by atoms with E-state index in [1.165, 1.54) is 24.3 Å². The molecule has 0 aromatic heterocycles. The van der Waals surface area contributed by atoms with Gasteiger partial charge in [0.15, 0.2) is 11.1 Å². The van der Waals surface area contributed by atoms with Gasteiger partial charge in [-0.1, -0.05) is 0 Å². The molecule has 19 heavy (non-hydrogen) atoms. The molecule has 0 amide bonds. The highest BCUT2D eigenvalue weighted by Crippen LogP contribution is 2.22. The average molecular weight is 278 g/mol. The third kappa shape index (κ3) is 3.40. The lowest BCUT2D eigenvalue weighted by atomic mass is 10.2. The van der Waals surface area contributed by atoms with Gasteiger partial charge in [-0.15, -0.1) is 0 Å². The van der Waals surface area contributed by atoms with E-state index >= 15 is 0 Å². The van der Waals surface area contributed by atoms with Crippen molar-refractivity contribution in [3.63, 3.8) is 0 Å². The Hall–Kier alpha value is -2.18. The van der Waals surface area contributed by atoms with Crippen LogP contribution in [0.5, 0.6) is 11.5 Å². The molecule has 0 saturated heterocycles. The van der Waals surface area contributed by atoms with Crippen LogP contribution in [0.25, 0.3) is 0 Å². The minimum Gasteiger partial charge on any atom is -0.478 e.